The first-order chi connectivity index (χ1) is 11.4. The molecule has 2 N–H and O–H groups in total. The molecule has 0 atom stereocenters. The average molecular weight is 347 g/mol. The van der Waals surface area contributed by atoms with Gasteiger partial charge in [-0.25, -0.2) is 18.2 Å². The van der Waals surface area contributed by atoms with Crippen LogP contribution >= 0.6 is 0 Å². The van der Waals surface area contributed by atoms with Gasteiger partial charge in [0.05, 0.1) is 21.9 Å². The maximum atomic E-state index is 12.5. The van der Waals surface area contributed by atoms with E-state index in [0.717, 1.165) is 0 Å². The molecular formula is C15H13N3O5S. The molecule has 0 unspecified atom stereocenters. The lowest BCUT2D eigenvalue weighted by molar-refractivity contribution is 0.101. The van der Waals surface area contributed by atoms with Gasteiger partial charge < -0.3 is 9.73 Å². The van der Waals surface area contributed by atoms with Gasteiger partial charge in [0.25, 0.3) is 5.91 Å². The van der Waals surface area contributed by atoms with Crippen LogP contribution in [0, 0.1) is 0 Å². The third kappa shape index (κ3) is 2.81. The number of sulfone groups is 1. The highest BCUT2D eigenvalue weighted by Crippen LogP contribution is 2.22. The number of para-hydroxylation sites is 1. The van der Waals surface area contributed by atoms with Crippen molar-refractivity contribution in [3.05, 3.63) is 52.8 Å². The van der Waals surface area contributed by atoms with E-state index in [2.05, 4.69) is 15.3 Å². The highest BCUT2D eigenvalue weighted by molar-refractivity contribution is 7.91. The van der Waals surface area contributed by atoms with Gasteiger partial charge >= 0.3 is 5.76 Å². The number of hydrogen-bond acceptors (Lipinski definition) is 6. The standard InChI is InChI=1S/C15H13N3O5S/c1-2-24(21,22)11-7-4-8-16-12(11)14(19)17-9-5-3-6-10-13(9)23-15(20)18-10/h3-8H,2H2,1H3,(H,17,19)(H,18,20). The zero-order valence-electron chi connectivity index (χ0n) is 12.6. The third-order valence-corrected chi connectivity index (χ3v) is 5.16. The molecule has 8 nitrogen and oxygen atoms in total. The van der Waals surface area contributed by atoms with Crippen LogP contribution in [-0.4, -0.2) is 30.0 Å². The minimum Gasteiger partial charge on any atom is -0.406 e. The van der Waals surface area contributed by atoms with Crippen LogP contribution in [0.3, 0.4) is 0 Å². The van der Waals surface area contributed by atoms with Crippen molar-refractivity contribution in [2.75, 3.05) is 11.1 Å². The summed E-state index contributed by atoms with van der Waals surface area (Å²) in [6.07, 6.45) is 1.33. The van der Waals surface area contributed by atoms with E-state index >= 15 is 0 Å². The summed E-state index contributed by atoms with van der Waals surface area (Å²) < 4.78 is 29.2. The molecule has 0 radical (unpaired) electrons. The van der Waals surface area contributed by atoms with Crippen molar-refractivity contribution in [3.63, 3.8) is 0 Å². The summed E-state index contributed by atoms with van der Waals surface area (Å²) in [7, 11) is -3.61. The van der Waals surface area contributed by atoms with Gasteiger partial charge in [0, 0.05) is 6.20 Å². The molecule has 0 bridgehead atoms. The van der Waals surface area contributed by atoms with Crippen molar-refractivity contribution in [1.29, 1.82) is 0 Å². The van der Waals surface area contributed by atoms with Gasteiger partial charge in [0.15, 0.2) is 15.4 Å². The van der Waals surface area contributed by atoms with E-state index < -0.39 is 21.5 Å². The van der Waals surface area contributed by atoms with Crippen molar-refractivity contribution in [3.8, 4) is 0 Å². The minimum atomic E-state index is -3.61. The van der Waals surface area contributed by atoms with E-state index in [1.165, 1.54) is 31.3 Å². The molecule has 0 aliphatic heterocycles. The lowest BCUT2D eigenvalue weighted by atomic mass is 10.2. The Kier molecular flexibility index (Phi) is 3.94. The van der Waals surface area contributed by atoms with E-state index in [-0.39, 0.29) is 27.6 Å². The number of rotatable bonds is 4. The van der Waals surface area contributed by atoms with Gasteiger partial charge in [-0.3, -0.25) is 9.78 Å². The Labute approximate surface area is 136 Å². The highest BCUT2D eigenvalue weighted by atomic mass is 32.2. The fourth-order valence-corrected chi connectivity index (χ4v) is 3.26. The predicted molar refractivity (Wildman–Crippen MR) is 86.8 cm³/mol. The summed E-state index contributed by atoms with van der Waals surface area (Å²) in [5.41, 5.74) is 0.613. The summed E-state index contributed by atoms with van der Waals surface area (Å²) in [6, 6.07) is 7.55. The van der Waals surface area contributed by atoms with Crippen molar-refractivity contribution < 1.29 is 17.6 Å². The smallest absolute Gasteiger partial charge is 0.406 e. The first-order valence-corrected chi connectivity index (χ1v) is 8.68. The number of aromatic nitrogens is 2. The number of nitrogens with zero attached hydrogens (tertiary/aromatic N) is 1. The number of anilines is 1. The van der Waals surface area contributed by atoms with Crippen molar-refractivity contribution >= 4 is 32.5 Å². The number of carbonyl (C=O) groups excluding carboxylic acids is 1. The zero-order valence-corrected chi connectivity index (χ0v) is 13.4. The molecule has 3 rings (SSSR count). The number of hydrogen-bond donors (Lipinski definition) is 2. The van der Waals surface area contributed by atoms with Crippen LogP contribution in [0.2, 0.25) is 0 Å². The number of aromatic amines is 1. The number of nitrogens with one attached hydrogen (secondary N) is 2. The van der Waals surface area contributed by atoms with Gasteiger partial charge in [-0.15, -0.1) is 0 Å². The number of amides is 1. The van der Waals surface area contributed by atoms with Gasteiger partial charge in [-0.2, -0.15) is 0 Å². The van der Waals surface area contributed by atoms with Crippen LogP contribution in [0.25, 0.3) is 11.1 Å². The quantitative estimate of drug-likeness (QED) is 0.738. The van der Waals surface area contributed by atoms with Crippen LogP contribution in [0.15, 0.2) is 50.6 Å². The third-order valence-electron chi connectivity index (χ3n) is 3.40. The fraction of sp³-hybridized carbons (Fsp3) is 0.133. The summed E-state index contributed by atoms with van der Waals surface area (Å²) in [5, 5.41) is 2.53. The largest absolute Gasteiger partial charge is 0.417 e. The van der Waals surface area contributed by atoms with Crippen LogP contribution in [0.5, 0.6) is 0 Å². The molecule has 0 saturated carbocycles. The van der Waals surface area contributed by atoms with E-state index in [1.54, 1.807) is 12.1 Å². The predicted octanol–water partition coefficient (Wildman–Crippen LogP) is 1.56. The van der Waals surface area contributed by atoms with Crippen LogP contribution in [-0.2, 0) is 9.84 Å². The number of fused-ring (bicyclic) bond motifs is 1. The fourth-order valence-electron chi connectivity index (χ4n) is 2.22. The highest BCUT2D eigenvalue weighted by Gasteiger charge is 2.23. The molecule has 0 saturated heterocycles. The number of oxazole rings is 1. The Bertz CT molecular complexity index is 1080. The van der Waals surface area contributed by atoms with Crippen LogP contribution < -0.4 is 11.1 Å². The summed E-state index contributed by atoms with van der Waals surface area (Å²) in [4.78, 5) is 30.0. The Morgan fingerprint density at radius 3 is 2.83 bits per heavy atom. The Hall–Kier alpha value is -2.94. The number of benzene rings is 1. The monoisotopic (exact) mass is 347 g/mol. The maximum Gasteiger partial charge on any atom is 0.417 e. The number of H-pyrrole nitrogens is 1. The maximum absolute atomic E-state index is 12.5. The topological polar surface area (TPSA) is 122 Å². The molecule has 3 aromatic rings. The van der Waals surface area contributed by atoms with Crippen molar-refractivity contribution in [2.24, 2.45) is 0 Å². The normalized spacial score (nSPS) is 11.5. The van der Waals surface area contributed by atoms with Crippen molar-refractivity contribution in [2.45, 2.75) is 11.8 Å². The molecule has 124 valence electrons. The lowest BCUT2D eigenvalue weighted by Crippen LogP contribution is -2.19. The van der Waals surface area contributed by atoms with Gasteiger partial charge in [-0.1, -0.05) is 13.0 Å². The second-order valence-corrected chi connectivity index (χ2v) is 7.15. The van der Waals surface area contributed by atoms with Gasteiger partial charge in [-0.05, 0) is 24.3 Å². The van der Waals surface area contributed by atoms with Gasteiger partial charge in [0.2, 0.25) is 0 Å². The second-order valence-electron chi connectivity index (χ2n) is 4.90. The Balaban J connectivity index is 2.03. The van der Waals surface area contributed by atoms with E-state index in [0.29, 0.717) is 5.52 Å². The molecule has 0 spiro atoms. The SMILES string of the molecule is CCS(=O)(=O)c1cccnc1C(=O)Nc1cccc2[nH]c(=O)oc12. The molecule has 0 aliphatic rings. The summed E-state index contributed by atoms with van der Waals surface area (Å²) in [6.45, 7) is 1.49. The molecule has 2 heterocycles. The van der Waals surface area contributed by atoms with Crippen molar-refractivity contribution in [1.82, 2.24) is 9.97 Å². The molecule has 1 aromatic carbocycles. The van der Waals surface area contributed by atoms with Crippen LogP contribution in [0.4, 0.5) is 5.69 Å². The lowest BCUT2D eigenvalue weighted by Gasteiger charge is -2.09. The molecule has 1 amide bonds. The van der Waals surface area contributed by atoms with E-state index in [1.807, 2.05) is 0 Å². The second kappa shape index (κ2) is 5.93. The Morgan fingerprint density at radius 1 is 1.29 bits per heavy atom. The molecule has 0 aliphatic carbocycles. The van der Waals surface area contributed by atoms with E-state index in [9.17, 15) is 18.0 Å². The van der Waals surface area contributed by atoms with Crippen LogP contribution in [0.1, 0.15) is 17.4 Å². The summed E-state index contributed by atoms with van der Waals surface area (Å²) in [5.74, 6) is -1.51. The first-order valence-electron chi connectivity index (χ1n) is 7.03. The Morgan fingerprint density at radius 2 is 2.08 bits per heavy atom. The average Bonchev–Trinajstić information content (AvgIpc) is 2.96. The molecular weight excluding hydrogens is 334 g/mol. The first kappa shape index (κ1) is 15.9. The molecule has 2 aromatic heterocycles. The van der Waals surface area contributed by atoms with Gasteiger partial charge in [0.1, 0.15) is 5.69 Å². The zero-order chi connectivity index (χ0) is 17.3. The molecule has 0 fully saturated rings. The molecule has 9 heteroatoms. The number of carbonyl (C=O) groups is 1. The minimum absolute atomic E-state index is 0.146. The van der Waals surface area contributed by atoms with E-state index in [4.69, 9.17) is 4.42 Å². The number of pyridine rings is 1. The molecule has 24 heavy (non-hydrogen) atoms. The summed E-state index contributed by atoms with van der Waals surface area (Å²) >= 11 is 0.